The van der Waals surface area contributed by atoms with Crippen LogP contribution < -0.4 is 4.90 Å². The fraction of sp³-hybridized carbons (Fsp3) is 0.548. The lowest BCUT2D eigenvalue weighted by Crippen LogP contribution is -2.41. The van der Waals surface area contributed by atoms with E-state index in [1.165, 1.54) is 4.90 Å². The average molecular weight is 646 g/mol. The van der Waals surface area contributed by atoms with Crippen LogP contribution in [0.5, 0.6) is 0 Å². The lowest BCUT2D eigenvalue weighted by atomic mass is 10.0. The SMILES string of the molecule is CC(C)(C)OC(=O)N1CCn2c(c(-c3cnn(C4CCCCO4)c3)c3c(N(CC#N)C(=O)OC(C)(C)C)cc(Cl)c(Cl)c32)C1. The Bertz CT molecular complexity index is 1620. The standard InChI is InChI=1S/C31H38Cl2N6O5/c1-30(2,3)43-28(40)36-12-13-37-22(18-36)24(19-16-35-39(17-19)23-9-7-8-14-42-23)25-21(15-20(32)26(33)27(25)37)38(11-10-34)29(41)44-31(4,5)6/h15-17,23H,7-9,11-14,18H2,1-6H3. The molecule has 4 heterocycles. The zero-order valence-corrected chi connectivity index (χ0v) is 27.5. The van der Waals surface area contributed by atoms with Crippen molar-refractivity contribution in [3.63, 3.8) is 0 Å². The second kappa shape index (κ2) is 12.1. The van der Waals surface area contributed by atoms with Gasteiger partial charge in [0.1, 0.15) is 24.0 Å². The van der Waals surface area contributed by atoms with Gasteiger partial charge in [0.15, 0.2) is 0 Å². The molecule has 0 radical (unpaired) electrons. The third-order valence-electron chi connectivity index (χ3n) is 7.37. The molecule has 0 spiro atoms. The van der Waals surface area contributed by atoms with Crippen LogP contribution in [0.15, 0.2) is 18.5 Å². The van der Waals surface area contributed by atoms with Crippen LogP contribution in [0.25, 0.3) is 22.0 Å². The number of carbonyl (C=O) groups is 2. The Morgan fingerprint density at radius 3 is 2.50 bits per heavy atom. The van der Waals surface area contributed by atoms with Crippen LogP contribution in [0, 0.1) is 11.3 Å². The Balaban J connectivity index is 1.74. The first-order valence-electron chi connectivity index (χ1n) is 14.7. The molecule has 2 amide bonds. The van der Waals surface area contributed by atoms with Crippen molar-refractivity contribution in [2.45, 2.75) is 91.3 Å². The highest BCUT2D eigenvalue weighted by atomic mass is 35.5. The number of fused-ring (bicyclic) bond motifs is 3. The van der Waals surface area contributed by atoms with E-state index in [-0.39, 0.29) is 24.3 Å². The monoisotopic (exact) mass is 644 g/mol. The predicted octanol–water partition coefficient (Wildman–Crippen LogP) is 7.53. The number of nitriles is 1. The van der Waals surface area contributed by atoms with E-state index in [2.05, 4.69) is 11.2 Å². The molecule has 44 heavy (non-hydrogen) atoms. The van der Waals surface area contributed by atoms with Crippen molar-refractivity contribution in [3.05, 3.63) is 34.2 Å². The van der Waals surface area contributed by atoms with Gasteiger partial charge in [-0.15, -0.1) is 0 Å². The molecule has 236 valence electrons. The van der Waals surface area contributed by atoms with Gasteiger partial charge in [-0.05, 0) is 66.9 Å². The van der Waals surface area contributed by atoms with Gasteiger partial charge in [-0.25, -0.2) is 14.3 Å². The fourth-order valence-electron chi connectivity index (χ4n) is 5.60. The third-order valence-corrected chi connectivity index (χ3v) is 8.15. The molecule has 0 aliphatic carbocycles. The molecule has 1 aromatic carbocycles. The summed E-state index contributed by atoms with van der Waals surface area (Å²) in [6.45, 7) is 12.1. The van der Waals surface area contributed by atoms with Crippen molar-refractivity contribution >= 4 is 52.0 Å². The molecule has 2 aromatic heterocycles. The summed E-state index contributed by atoms with van der Waals surface area (Å²) >= 11 is 13.6. The van der Waals surface area contributed by atoms with Crippen molar-refractivity contribution in [2.75, 3.05) is 24.6 Å². The number of halogens is 2. The van der Waals surface area contributed by atoms with Crippen molar-refractivity contribution < 1.29 is 23.8 Å². The fourth-order valence-corrected chi connectivity index (χ4v) is 6.05. The first-order valence-corrected chi connectivity index (χ1v) is 15.5. The quantitative estimate of drug-likeness (QED) is 0.270. The minimum atomic E-state index is -0.808. The summed E-state index contributed by atoms with van der Waals surface area (Å²) in [5.41, 5.74) is 1.72. The van der Waals surface area contributed by atoms with Gasteiger partial charge in [0, 0.05) is 48.1 Å². The number of benzene rings is 1. The molecule has 13 heteroatoms. The zero-order chi connectivity index (χ0) is 32.0. The van der Waals surface area contributed by atoms with E-state index in [9.17, 15) is 14.9 Å². The minimum Gasteiger partial charge on any atom is -0.444 e. The minimum absolute atomic E-state index is 0.199. The Kier molecular flexibility index (Phi) is 8.82. The molecular formula is C31H38Cl2N6O5. The number of amides is 2. The number of hydrogen-bond acceptors (Lipinski definition) is 7. The first-order chi connectivity index (χ1) is 20.7. The van der Waals surface area contributed by atoms with Crippen molar-refractivity contribution in [3.8, 4) is 17.2 Å². The second-order valence-electron chi connectivity index (χ2n) is 13.0. The van der Waals surface area contributed by atoms with Crippen LogP contribution >= 0.6 is 23.2 Å². The summed E-state index contributed by atoms with van der Waals surface area (Å²) in [5, 5.41) is 15.5. The largest absolute Gasteiger partial charge is 0.444 e. The number of nitrogens with zero attached hydrogens (tertiary/aromatic N) is 6. The summed E-state index contributed by atoms with van der Waals surface area (Å²) < 4.78 is 21.2. The van der Waals surface area contributed by atoms with E-state index in [4.69, 9.17) is 37.4 Å². The Morgan fingerprint density at radius 1 is 1.14 bits per heavy atom. The van der Waals surface area contributed by atoms with Gasteiger partial charge in [-0.1, -0.05) is 23.2 Å². The highest BCUT2D eigenvalue weighted by molar-refractivity contribution is 6.46. The van der Waals surface area contributed by atoms with Gasteiger partial charge >= 0.3 is 12.2 Å². The van der Waals surface area contributed by atoms with Crippen LogP contribution in [-0.4, -0.2) is 62.3 Å². The number of aromatic nitrogens is 3. The van der Waals surface area contributed by atoms with Crippen molar-refractivity contribution in [1.82, 2.24) is 19.2 Å². The van der Waals surface area contributed by atoms with Gasteiger partial charge in [-0.2, -0.15) is 10.4 Å². The summed E-state index contributed by atoms with van der Waals surface area (Å²) in [7, 11) is 0. The van der Waals surface area contributed by atoms with Crippen LogP contribution in [0.1, 0.15) is 72.7 Å². The van der Waals surface area contributed by atoms with E-state index in [1.54, 1.807) is 42.6 Å². The zero-order valence-electron chi connectivity index (χ0n) is 25.9. The molecule has 2 aliphatic rings. The highest BCUT2D eigenvalue weighted by Gasteiger charge is 2.35. The Labute approximate surface area is 267 Å². The van der Waals surface area contributed by atoms with Gasteiger partial charge in [0.05, 0.1) is 40.1 Å². The van der Waals surface area contributed by atoms with E-state index in [0.717, 1.165) is 36.1 Å². The van der Waals surface area contributed by atoms with E-state index in [1.807, 2.05) is 31.5 Å². The molecule has 11 nitrogen and oxygen atoms in total. The molecule has 0 bridgehead atoms. The van der Waals surface area contributed by atoms with Gasteiger partial charge in [0.25, 0.3) is 0 Å². The maximum absolute atomic E-state index is 13.5. The lowest BCUT2D eigenvalue weighted by Gasteiger charge is -2.31. The maximum Gasteiger partial charge on any atom is 0.415 e. The normalized spacial score (nSPS) is 17.2. The number of rotatable bonds is 4. The number of hydrogen-bond donors (Lipinski definition) is 0. The molecule has 0 N–H and O–H groups in total. The predicted molar refractivity (Wildman–Crippen MR) is 168 cm³/mol. The molecule has 5 rings (SSSR count). The molecule has 1 unspecified atom stereocenters. The molecule has 1 atom stereocenters. The third kappa shape index (κ3) is 6.48. The molecular weight excluding hydrogens is 607 g/mol. The highest BCUT2D eigenvalue weighted by Crippen LogP contribution is 2.47. The van der Waals surface area contributed by atoms with Crippen LogP contribution in [0.2, 0.25) is 10.0 Å². The molecule has 3 aromatic rings. The molecule has 2 aliphatic heterocycles. The van der Waals surface area contributed by atoms with Crippen LogP contribution in [0.4, 0.5) is 15.3 Å². The summed E-state index contributed by atoms with van der Waals surface area (Å²) in [4.78, 5) is 29.7. The van der Waals surface area contributed by atoms with Gasteiger partial charge < -0.3 is 23.7 Å². The van der Waals surface area contributed by atoms with Crippen molar-refractivity contribution in [2.24, 2.45) is 0 Å². The number of ether oxygens (including phenoxy) is 3. The topological polar surface area (TPSA) is 115 Å². The molecule has 1 saturated heterocycles. The Morgan fingerprint density at radius 2 is 1.86 bits per heavy atom. The van der Waals surface area contributed by atoms with Gasteiger partial charge in [-0.3, -0.25) is 4.90 Å². The lowest BCUT2D eigenvalue weighted by molar-refractivity contribution is -0.0394. The number of anilines is 1. The average Bonchev–Trinajstić information content (AvgIpc) is 3.55. The summed E-state index contributed by atoms with van der Waals surface area (Å²) in [5.74, 6) is 0. The summed E-state index contributed by atoms with van der Waals surface area (Å²) in [6, 6.07) is 3.67. The van der Waals surface area contributed by atoms with Gasteiger partial charge in [0.2, 0.25) is 0 Å². The molecule has 1 fully saturated rings. The number of carbonyl (C=O) groups excluding carboxylic acids is 2. The van der Waals surface area contributed by atoms with Crippen molar-refractivity contribution in [1.29, 1.82) is 5.26 Å². The first kappa shape index (κ1) is 31.9. The smallest absolute Gasteiger partial charge is 0.415 e. The Hall–Kier alpha value is -3.46. The van der Waals surface area contributed by atoms with E-state index < -0.39 is 23.4 Å². The second-order valence-corrected chi connectivity index (χ2v) is 13.8. The van der Waals surface area contributed by atoms with E-state index >= 15 is 0 Å². The summed E-state index contributed by atoms with van der Waals surface area (Å²) in [6.07, 6.45) is 5.20. The maximum atomic E-state index is 13.5. The van der Waals surface area contributed by atoms with E-state index in [0.29, 0.717) is 41.3 Å². The van der Waals surface area contributed by atoms with Crippen LogP contribution in [0.3, 0.4) is 0 Å². The molecule has 0 saturated carbocycles. The van der Waals surface area contributed by atoms with Crippen LogP contribution in [-0.2, 0) is 27.3 Å².